The number of hydrogen-bond acceptors (Lipinski definition) is 1. The third kappa shape index (κ3) is 8.44. The van der Waals surface area contributed by atoms with Crippen molar-refractivity contribution in [2.45, 2.75) is 39.2 Å². The molecule has 0 fully saturated rings. The second kappa shape index (κ2) is 5.14. The minimum absolute atomic E-state index is 0.0340. The molecule has 0 heterocycles. The van der Waals surface area contributed by atoms with Crippen LogP contribution >= 0.6 is 15.9 Å². The van der Waals surface area contributed by atoms with Crippen molar-refractivity contribution < 1.29 is 4.74 Å². The van der Waals surface area contributed by atoms with Crippen LogP contribution in [0.3, 0.4) is 0 Å². The van der Waals surface area contributed by atoms with E-state index >= 15 is 0 Å². The molecule has 0 aromatic heterocycles. The van der Waals surface area contributed by atoms with Crippen LogP contribution in [-0.2, 0) is 4.74 Å². The monoisotopic (exact) mass is 208 g/mol. The highest BCUT2D eigenvalue weighted by atomic mass is 79.9. The first-order valence-electron chi connectivity index (χ1n) is 3.76. The molecule has 0 radical (unpaired) electrons. The van der Waals surface area contributed by atoms with E-state index in [0.717, 1.165) is 18.4 Å². The zero-order chi connectivity index (χ0) is 8.04. The van der Waals surface area contributed by atoms with Crippen LogP contribution in [0, 0.1) is 0 Å². The number of hydrogen-bond donors (Lipinski definition) is 0. The highest BCUT2D eigenvalue weighted by molar-refractivity contribution is 9.09. The summed E-state index contributed by atoms with van der Waals surface area (Å²) >= 11 is 3.37. The Morgan fingerprint density at radius 3 is 2.20 bits per heavy atom. The SMILES string of the molecule is CC(C)(C)OCCCCBr. The first-order valence-corrected chi connectivity index (χ1v) is 4.88. The molecule has 2 heteroatoms. The maximum Gasteiger partial charge on any atom is 0.0598 e. The highest BCUT2D eigenvalue weighted by Gasteiger charge is 2.08. The van der Waals surface area contributed by atoms with Gasteiger partial charge in [0.25, 0.3) is 0 Å². The smallest absolute Gasteiger partial charge is 0.0598 e. The summed E-state index contributed by atoms with van der Waals surface area (Å²) in [4.78, 5) is 0. The van der Waals surface area contributed by atoms with E-state index < -0.39 is 0 Å². The zero-order valence-corrected chi connectivity index (χ0v) is 8.70. The lowest BCUT2D eigenvalue weighted by molar-refractivity contribution is -0.00404. The second-order valence-electron chi connectivity index (χ2n) is 3.36. The van der Waals surface area contributed by atoms with Crippen LogP contribution in [0.4, 0.5) is 0 Å². The van der Waals surface area contributed by atoms with Crippen molar-refractivity contribution in [3.05, 3.63) is 0 Å². The van der Waals surface area contributed by atoms with Gasteiger partial charge in [0.1, 0.15) is 0 Å². The predicted octanol–water partition coefficient (Wildman–Crippen LogP) is 2.98. The summed E-state index contributed by atoms with van der Waals surface area (Å²) in [5.41, 5.74) is 0.0340. The van der Waals surface area contributed by atoms with Crippen molar-refractivity contribution in [1.82, 2.24) is 0 Å². The van der Waals surface area contributed by atoms with E-state index in [1.54, 1.807) is 0 Å². The van der Waals surface area contributed by atoms with Crippen LogP contribution in [0.15, 0.2) is 0 Å². The van der Waals surface area contributed by atoms with Gasteiger partial charge >= 0.3 is 0 Å². The van der Waals surface area contributed by atoms with E-state index in [-0.39, 0.29) is 5.60 Å². The summed E-state index contributed by atoms with van der Waals surface area (Å²) in [5.74, 6) is 0. The van der Waals surface area contributed by atoms with Crippen LogP contribution in [0.2, 0.25) is 0 Å². The van der Waals surface area contributed by atoms with Gasteiger partial charge in [-0.1, -0.05) is 15.9 Å². The molecule has 0 bridgehead atoms. The standard InChI is InChI=1S/C8H17BrO/c1-8(2,3)10-7-5-4-6-9/h4-7H2,1-3H3. The van der Waals surface area contributed by atoms with Gasteiger partial charge in [-0.3, -0.25) is 0 Å². The van der Waals surface area contributed by atoms with Gasteiger partial charge in [0.2, 0.25) is 0 Å². The average molecular weight is 209 g/mol. The molecular weight excluding hydrogens is 192 g/mol. The Labute approximate surface area is 72.3 Å². The molecule has 0 saturated carbocycles. The molecule has 0 aromatic rings. The van der Waals surface area contributed by atoms with Gasteiger partial charge in [-0.15, -0.1) is 0 Å². The molecule has 0 spiro atoms. The van der Waals surface area contributed by atoms with Crippen molar-refractivity contribution in [2.75, 3.05) is 11.9 Å². The molecule has 0 unspecified atom stereocenters. The molecule has 0 atom stereocenters. The molecular formula is C8H17BrO. The van der Waals surface area contributed by atoms with Crippen molar-refractivity contribution in [3.63, 3.8) is 0 Å². The Morgan fingerprint density at radius 1 is 1.20 bits per heavy atom. The van der Waals surface area contributed by atoms with Gasteiger partial charge in [-0.25, -0.2) is 0 Å². The summed E-state index contributed by atoms with van der Waals surface area (Å²) in [6, 6.07) is 0. The van der Waals surface area contributed by atoms with Crippen LogP contribution in [0.5, 0.6) is 0 Å². The Morgan fingerprint density at radius 2 is 1.80 bits per heavy atom. The quantitative estimate of drug-likeness (QED) is 0.510. The minimum atomic E-state index is 0.0340. The fourth-order valence-corrected chi connectivity index (χ4v) is 0.971. The largest absolute Gasteiger partial charge is 0.376 e. The minimum Gasteiger partial charge on any atom is -0.376 e. The zero-order valence-electron chi connectivity index (χ0n) is 7.11. The van der Waals surface area contributed by atoms with Gasteiger partial charge < -0.3 is 4.74 Å². The van der Waals surface area contributed by atoms with Gasteiger partial charge in [0, 0.05) is 11.9 Å². The fraction of sp³-hybridized carbons (Fsp3) is 1.00. The molecule has 0 aliphatic carbocycles. The maximum absolute atomic E-state index is 5.51. The van der Waals surface area contributed by atoms with E-state index in [9.17, 15) is 0 Å². The van der Waals surface area contributed by atoms with Crippen LogP contribution in [0.1, 0.15) is 33.6 Å². The van der Waals surface area contributed by atoms with Gasteiger partial charge in [-0.2, -0.15) is 0 Å². The van der Waals surface area contributed by atoms with E-state index in [1.165, 1.54) is 6.42 Å². The summed E-state index contributed by atoms with van der Waals surface area (Å²) in [7, 11) is 0. The summed E-state index contributed by atoms with van der Waals surface area (Å²) < 4.78 is 5.51. The van der Waals surface area contributed by atoms with E-state index in [0.29, 0.717) is 0 Å². The lowest BCUT2D eigenvalue weighted by Crippen LogP contribution is -2.19. The Kier molecular flexibility index (Phi) is 5.36. The molecule has 1 nitrogen and oxygen atoms in total. The van der Waals surface area contributed by atoms with E-state index in [4.69, 9.17) is 4.74 Å². The fourth-order valence-electron chi connectivity index (χ4n) is 0.575. The molecule has 10 heavy (non-hydrogen) atoms. The molecule has 0 aliphatic rings. The van der Waals surface area contributed by atoms with Crippen molar-refractivity contribution in [1.29, 1.82) is 0 Å². The van der Waals surface area contributed by atoms with Crippen molar-refractivity contribution in [2.24, 2.45) is 0 Å². The van der Waals surface area contributed by atoms with Crippen molar-refractivity contribution in [3.8, 4) is 0 Å². The number of unbranched alkanes of at least 4 members (excludes halogenated alkanes) is 1. The second-order valence-corrected chi connectivity index (χ2v) is 4.15. The van der Waals surface area contributed by atoms with Crippen LogP contribution in [-0.4, -0.2) is 17.5 Å². The first-order chi connectivity index (χ1) is 4.56. The molecule has 0 saturated heterocycles. The Hall–Kier alpha value is 0.440. The van der Waals surface area contributed by atoms with Crippen LogP contribution < -0.4 is 0 Å². The Balaban J connectivity index is 3.04. The third-order valence-corrected chi connectivity index (χ3v) is 1.62. The highest BCUT2D eigenvalue weighted by Crippen LogP contribution is 2.07. The number of halogens is 1. The summed E-state index contributed by atoms with van der Waals surface area (Å²) in [5, 5.41) is 1.08. The summed E-state index contributed by atoms with van der Waals surface area (Å²) in [6.07, 6.45) is 2.36. The van der Waals surface area contributed by atoms with Crippen LogP contribution in [0.25, 0.3) is 0 Å². The maximum atomic E-state index is 5.51. The molecule has 0 amide bonds. The lowest BCUT2D eigenvalue weighted by Gasteiger charge is -2.18. The normalized spacial score (nSPS) is 12.0. The number of rotatable bonds is 4. The van der Waals surface area contributed by atoms with Crippen molar-refractivity contribution >= 4 is 15.9 Å². The Bertz CT molecular complexity index is 75.8. The number of alkyl halides is 1. The topological polar surface area (TPSA) is 9.23 Å². The van der Waals surface area contributed by atoms with E-state index in [1.807, 2.05) is 0 Å². The number of ether oxygens (including phenoxy) is 1. The third-order valence-electron chi connectivity index (χ3n) is 1.06. The molecule has 0 N–H and O–H groups in total. The lowest BCUT2D eigenvalue weighted by atomic mass is 10.2. The van der Waals surface area contributed by atoms with Gasteiger partial charge in [0.05, 0.1) is 5.60 Å². The first kappa shape index (κ1) is 10.4. The molecule has 62 valence electrons. The average Bonchev–Trinajstić information content (AvgIpc) is 1.78. The van der Waals surface area contributed by atoms with Gasteiger partial charge in [0.15, 0.2) is 0 Å². The summed E-state index contributed by atoms with van der Waals surface area (Å²) in [6.45, 7) is 7.14. The van der Waals surface area contributed by atoms with E-state index in [2.05, 4.69) is 36.7 Å². The predicted molar refractivity (Wildman–Crippen MR) is 48.7 cm³/mol. The molecule has 0 aromatic carbocycles. The molecule has 0 aliphatic heterocycles. The van der Waals surface area contributed by atoms with Gasteiger partial charge in [-0.05, 0) is 33.6 Å². The molecule has 0 rings (SSSR count).